The maximum Gasteiger partial charge on any atom is 0.306 e. The van der Waals surface area contributed by atoms with Crippen molar-refractivity contribution < 1.29 is 19.1 Å². The molecule has 21 heavy (non-hydrogen) atoms. The molecule has 1 fully saturated rings. The fraction of sp³-hybridized carbons (Fsp3) is 0.267. The molecule has 1 aliphatic rings. The van der Waals surface area contributed by atoms with Gasteiger partial charge in [0.15, 0.2) is 0 Å². The lowest BCUT2D eigenvalue weighted by Gasteiger charge is -2.32. The minimum atomic E-state index is -0.849. The van der Waals surface area contributed by atoms with E-state index in [0.29, 0.717) is 23.7 Å². The van der Waals surface area contributed by atoms with Gasteiger partial charge in [-0.05, 0) is 31.0 Å². The van der Waals surface area contributed by atoms with Gasteiger partial charge in [0.25, 0.3) is 5.91 Å². The summed E-state index contributed by atoms with van der Waals surface area (Å²) in [7, 11) is 0. The molecule has 6 heteroatoms. The van der Waals surface area contributed by atoms with Crippen LogP contribution in [-0.2, 0) is 4.79 Å². The lowest BCUT2D eigenvalue weighted by atomic mass is 9.80. The maximum absolute atomic E-state index is 13.6. The fourth-order valence-corrected chi connectivity index (χ4v) is 2.53. The highest BCUT2D eigenvalue weighted by Crippen LogP contribution is 2.28. The third kappa shape index (κ3) is 2.56. The Balaban J connectivity index is 1.81. The monoisotopic (exact) mass is 288 g/mol. The molecule has 0 atom stereocenters. The second-order valence-corrected chi connectivity index (χ2v) is 5.21. The third-order valence-electron chi connectivity index (χ3n) is 3.74. The first-order valence-electron chi connectivity index (χ1n) is 6.62. The summed E-state index contributed by atoms with van der Waals surface area (Å²) in [6.07, 6.45) is 2.35. The van der Waals surface area contributed by atoms with Gasteiger partial charge in [0.2, 0.25) is 0 Å². The number of aromatic nitrogens is 1. The third-order valence-corrected chi connectivity index (χ3v) is 3.74. The van der Waals surface area contributed by atoms with Crippen LogP contribution in [0.15, 0.2) is 30.5 Å². The van der Waals surface area contributed by atoms with E-state index in [2.05, 4.69) is 10.3 Å². The lowest BCUT2D eigenvalue weighted by Crippen LogP contribution is -2.46. The molecule has 3 rings (SSSR count). The average Bonchev–Trinajstić information content (AvgIpc) is 2.40. The van der Waals surface area contributed by atoms with Crippen LogP contribution in [0.4, 0.5) is 4.39 Å². The minimum Gasteiger partial charge on any atom is -0.481 e. The van der Waals surface area contributed by atoms with E-state index in [4.69, 9.17) is 5.11 Å². The average molecular weight is 288 g/mol. The number of amides is 1. The van der Waals surface area contributed by atoms with E-state index >= 15 is 0 Å². The Morgan fingerprint density at radius 2 is 2.10 bits per heavy atom. The molecule has 1 amide bonds. The van der Waals surface area contributed by atoms with Crippen molar-refractivity contribution in [3.63, 3.8) is 0 Å². The van der Waals surface area contributed by atoms with Gasteiger partial charge >= 0.3 is 5.97 Å². The number of nitrogens with zero attached hydrogens (tertiary/aromatic N) is 1. The largest absolute Gasteiger partial charge is 0.481 e. The summed E-state index contributed by atoms with van der Waals surface area (Å²) in [6, 6.07) is 5.65. The van der Waals surface area contributed by atoms with Crippen LogP contribution in [0.1, 0.15) is 23.2 Å². The number of fused-ring (bicyclic) bond motifs is 1. The van der Waals surface area contributed by atoms with Crippen molar-refractivity contribution in [2.75, 3.05) is 0 Å². The number of carbonyl (C=O) groups is 2. The van der Waals surface area contributed by atoms with Crippen LogP contribution in [0.25, 0.3) is 10.9 Å². The SMILES string of the molecule is O=C(NC1CC(C(=O)O)C1)c1cc(F)cc2cccnc12. The van der Waals surface area contributed by atoms with E-state index < -0.39 is 23.6 Å². The van der Waals surface area contributed by atoms with E-state index in [0.717, 1.165) is 6.07 Å². The molecule has 108 valence electrons. The quantitative estimate of drug-likeness (QED) is 0.905. The van der Waals surface area contributed by atoms with E-state index in [1.54, 1.807) is 18.3 Å². The Kier molecular flexibility index (Phi) is 3.29. The molecule has 0 radical (unpaired) electrons. The molecule has 0 unspecified atom stereocenters. The Hall–Kier alpha value is -2.50. The number of aliphatic carboxylic acids is 1. The van der Waals surface area contributed by atoms with Crippen LogP contribution in [0, 0.1) is 11.7 Å². The molecule has 1 saturated carbocycles. The van der Waals surface area contributed by atoms with Crippen molar-refractivity contribution in [3.8, 4) is 0 Å². The van der Waals surface area contributed by atoms with Crippen LogP contribution < -0.4 is 5.32 Å². The summed E-state index contributed by atoms with van der Waals surface area (Å²) in [4.78, 5) is 27.1. The second-order valence-electron chi connectivity index (χ2n) is 5.21. The highest BCUT2D eigenvalue weighted by molar-refractivity contribution is 6.05. The first-order valence-corrected chi connectivity index (χ1v) is 6.62. The van der Waals surface area contributed by atoms with E-state index in [1.165, 1.54) is 6.07 Å². The van der Waals surface area contributed by atoms with Crippen molar-refractivity contribution in [3.05, 3.63) is 41.8 Å². The number of rotatable bonds is 3. The number of benzene rings is 1. The van der Waals surface area contributed by atoms with Crippen LogP contribution in [-0.4, -0.2) is 28.0 Å². The number of hydrogen-bond donors (Lipinski definition) is 2. The summed E-state index contributed by atoms with van der Waals surface area (Å²) in [5, 5.41) is 12.1. The molecule has 0 aliphatic heterocycles. The summed E-state index contributed by atoms with van der Waals surface area (Å²) in [5.41, 5.74) is 0.606. The molecule has 0 spiro atoms. The molecule has 0 saturated heterocycles. The molecule has 5 nitrogen and oxygen atoms in total. The summed E-state index contributed by atoms with van der Waals surface area (Å²) >= 11 is 0. The maximum atomic E-state index is 13.6. The number of halogens is 1. The number of carbonyl (C=O) groups excluding carboxylic acids is 1. The molecule has 1 aromatic heterocycles. The minimum absolute atomic E-state index is 0.171. The van der Waals surface area contributed by atoms with Crippen LogP contribution in [0.3, 0.4) is 0 Å². The van der Waals surface area contributed by atoms with Gasteiger partial charge in [-0.2, -0.15) is 0 Å². The highest BCUT2D eigenvalue weighted by atomic mass is 19.1. The Morgan fingerprint density at radius 1 is 1.33 bits per heavy atom. The smallest absolute Gasteiger partial charge is 0.306 e. The van der Waals surface area contributed by atoms with Crippen LogP contribution in [0.2, 0.25) is 0 Å². The Labute approximate surface area is 119 Å². The van der Waals surface area contributed by atoms with Gasteiger partial charge in [-0.1, -0.05) is 6.07 Å². The predicted octanol–water partition coefficient (Wildman–Crippen LogP) is 1.97. The molecule has 2 aromatic rings. The van der Waals surface area contributed by atoms with E-state index in [9.17, 15) is 14.0 Å². The van der Waals surface area contributed by atoms with E-state index in [1.807, 2.05) is 0 Å². The van der Waals surface area contributed by atoms with Crippen LogP contribution >= 0.6 is 0 Å². The van der Waals surface area contributed by atoms with Gasteiger partial charge in [-0.25, -0.2) is 4.39 Å². The molecule has 1 aromatic carbocycles. The number of nitrogens with one attached hydrogen (secondary N) is 1. The molecule has 0 bridgehead atoms. The van der Waals surface area contributed by atoms with Crippen molar-refractivity contribution in [2.45, 2.75) is 18.9 Å². The van der Waals surface area contributed by atoms with Crippen molar-refractivity contribution >= 4 is 22.8 Å². The lowest BCUT2D eigenvalue weighted by molar-refractivity contribution is -0.145. The zero-order valence-electron chi connectivity index (χ0n) is 11.0. The summed E-state index contributed by atoms with van der Waals surface area (Å²) in [6.45, 7) is 0. The van der Waals surface area contributed by atoms with Gasteiger partial charge in [0.1, 0.15) is 5.82 Å². The predicted molar refractivity (Wildman–Crippen MR) is 73.3 cm³/mol. The zero-order valence-corrected chi connectivity index (χ0v) is 11.0. The highest BCUT2D eigenvalue weighted by Gasteiger charge is 2.35. The Bertz CT molecular complexity index is 726. The van der Waals surface area contributed by atoms with Crippen LogP contribution in [0.5, 0.6) is 0 Å². The van der Waals surface area contributed by atoms with Crippen molar-refractivity contribution in [2.24, 2.45) is 5.92 Å². The van der Waals surface area contributed by atoms with Gasteiger partial charge in [-0.15, -0.1) is 0 Å². The van der Waals surface area contributed by atoms with Crippen molar-refractivity contribution in [1.82, 2.24) is 10.3 Å². The summed E-state index contributed by atoms with van der Waals surface area (Å²) in [5.74, 6) is -2.18. The first kappa shape index (κ1) is 13.5. The molecular weight excluding hydrogens is 275 g/mol. The first-order chi connectivity index (χ1) is 10.0. The van der Waals surface area contributed by atoms with Gasteiger partial charge in [-0.3, -0.25) is 14.6 Å². The summed E-state index contributed by atoms with van der Waals surface area (Å²) < 4.78 is 13.6. The molecule has 1 heterocycles. The molecule has 1 aliphatic carbocycles. The van der Waals surface area contributed by atoms with Gasteiger partial charge < -0.3 is 10.4 Å². The molecular formula is C15H13FN2O3. The Morgan fingerprint density at radius 3 is 2.81 bits per heavy atom. The number of carboxylic acids is 1. The van der Waals surface area contributed by atoms with Crippen molar-refractivity contribution in [1.29, 1.82) is 0 Å². The normalized spacial score (nSPS) is 20.8. The molecule has 2 N–H and O–H groups in total. The van der Waals surface area contributed by atoms with Gasteiger partial charge in [0, 0.05) is 17.6 Å². The topological polar surface area (TPSA) is 79.3 Å². The van der Waals surface area contributed by atoms with Gasteiger partial charge in [0.05, 0.1) is 17.0 Å². The van der Waals surface area contributed by atoms with E-state index in [-0.39, 0.29) is 11.6 Å². The fourth-order valence-electron chi connectivity index (χ4n) is 2.53. The standard InChI is InChI=1S/C15H13FN2O3/c16-10-4-8-2-1-3-17-13(8)12(7-10)14(19)18-11-5-9(6-11)15(20)21/h1-4,7,9,11H,5-6H2,(H,18,19)(H,20,21). The second kappa shape index (κ2) is 5.12. The number of pyridine rings is 1. The number of hydrogen-bond acceptors (Lipinski definition) is 3. The zero-order chi connectivity index (χ0) is 15.0. The number of carboxylic acid groups (broad SMARTS) is 1.